The number of hydrogen-bond acceptors (Lipinski definition) is 1. The van der Waals surface area contributed by atoms with Gasteiger partial charge >= 0.3 is 0 Å². The van der Waals surface area contributed by atoms with Gasteiger partial charge < -0.3 is 4.74 Å². The van der Waals surface area contributed by atoms with Crippen molar-refractivity contribution in [3.63, 3.8) is 0 Å². The van der Waals surface area contributed by atoms with Gasteiger partial charge in [0, 0.05) is 0 Å². The lowest BCUT2D eigenvalue weighted by Crippen LogP contribution is -2.53. The number of fused-ring (bicyclic) bond motifs is 5. The molecule has 0 aromatic heterocycles. The predicted molar refractivity (Wildman–Crippen MR) is 89.6 cm³/mol. The van der Waals surface area contributed by atoms with Gasteiger partial charge in [-0.1, -0.05) is 26.7 Å². The van der Waals surface area contributed by atoms with Gasteiger partial charge in [-0.25, -0.2) is 0 Å². The third-order valence-corrected chi connectivity index (χ3v) is 9.46. The van der Waals surface area contributed by atoms with Crippen LogP contribution in [0, 0.1) is 40.4 Å². The molecule has 1 saturated heterocycles. The topological polar surface area (TPSA) is 12.5 Å². The lowest BCUT2D eigenvalue weighted by Gasteiger charge is -2.60. The van der Waals surface area contributed by atoms with E-state index in [1.54, 1.807) is 19.3 Å². The second-order valence-corrected chi connectivity index (χ2v) is 10.0. The zero-order valence-electron chi connectivity index (χ0n) is 14.7. The summed E-state index contributed by atoms with van der Waals surface area (Å²) in [7, 11) is 0. The van der Waals surface area contributed by atoms with Crippen LogP contribution in [-0.4, -0.2) is 12.7 Å². The van der Waals surface area contributed by atoms with Crippen molar-refractivity contribution in [2.75, 3.05) is 6.61 Å². The molecule has 0 amide bonds. The molecule has 0 radical (unpaired) electrons. The molecule has 5 aliphatic rings. The van der Waals surface area contributed by atoms with E-state index in [1.807, 2.05) is 0 Å². The molecule has 0 bridgehead atoms. The zero-order valence-corrected chi connectivity index (χ0v) is 14.7. The van der Waals surface area contributed by atoms with Crippen molar-refractivity contribution in [2.45, 2.75) is 84.2 Å². The van der Waals surface area contributed by atoms with Crippen LogP contribution in [0.3, 0.4) is 0 Å². The fourth-order valence-corrected chi connectivity index (χ4v) is 8.23. The standard InChI is InChI=1S/C21H34O/c1-20-11-4-3-5-14(20)6-7-15-16-8-9-18(19-13-22-19)21(16,2)12-10-17(15)20/h14-19H,3-13H2,1-2H3/t14?,15-,16-,17-,18+,19?,20-,21-/m0/s1. The SMILES string of the molecule is C[C@]12CC[C@H]3[C@@H](CCC4CCCC[C@@]43C)[C@@H]1CC[C@@H]2C1CO1. The van der Waals surface area contributed by atoms with Gasteiger partial charge in [-0.3, -0.25) is 0 Å². The summed E-state index contributed by atoms with van der Waals surface area (Å²) in [6, 6.07) is 0. The maximum absolute atomic E-state index is 5.75. The van der Waals surface area contributed by atoms with Crippen molar-refractivity contribution < 1.29 is 4.74 Å². The van der Waals surface area contributed by atoms with Crippen molar-refractivity contribution >= 4 is 0 Å². The number of rotatable bonds is 1. The molecule has 0 N–H and O–H groups in total. The van der Waals surface area contributed by atoms with Crippen molar-refractivity contribution in [2.24, 2.45) is 40.4 Å². The van der Waals surface area contributed by atoms with Crippen LogP contribution in [0.4, 0.5) is 0 Å². The molecule has 0 aromatic rings. The highest BCUT2D eigenvalue weighted by Gasteiger charge is 2.61. The average molecular weight is 303 g/mol. The molecule has 2 unspecified atom stereocenters. The molecule has 1 heterocycles. The van der Waals surface area contributed by atoms with E-state index in [0.29, 0.717) is 16.9 Å². The summed E-state index contributed by atoms with van der Waals surface area (Å²) in [6.07, 6.45) is 15.9. The van der Waals surface area contributed by atoms with Crippen LogP contribution in [0.5, 0.6) is 0 Å². The van der Waals surface area contributed by atoms with Crippen LogP contribution < -0.4 is 0 Å². The summed E-state index contributed by atoms with van der Waals surface area (Å²) in [4.78, 5) is 0. The Kier molecular flexibility index (Phi) is 3.09. The summed E-state index contributed by atoms with van der Waals surface area (Å²) in [6.45, 7) is 6.43. The van der Waals surface area contributed by atoms with Crippen molar-refractivity contribution in [3.05, 3.63) is 0 Å². The molecule has 4 saturated carbocycles. The molecular weight excluding hydrogens is 268 g/mol. The smallest absolute Gasteiger partial charge is 0.0843 e. The van der Waals surface area contributed by atoms with Crippen molar-refractivity contribution in [1.29, 1.82) is 0 Å². The first-order valence-electron chi connectivity index (χ1n) is 10.2. The van der Waals surface area contributed by atoms with Crippen LogP contribution in [-0.2, 0) is 4.74 Å². The molecule has 8 atom stereocenters. The Morgan fingerprint density at radius 3 is 2.32 bits per heavy atom. The minimum atomic E-state index is 0.625. The largest absolute Gasteiger partial charge is 0.373 e. The normalized spacial score (nSPS) is 60.3. The molecule has 1 nitrogen and oxygen atoms in total. The molecule has 0 spiro atoms. The number of epoxide rings is 1. The third kappa shape index (κ3) is 1.81. The van der Waals surface area contributed by atoms with Crippen LogP contribution in [0.15, 0.2) is 0 Å². The van der Waals surface area contributed by atoms with Crippen molar-refractivity contribution in [3.8, 4) is 0 Å². The number of hydrogen-bond donors (Lipinski definition) is 0. The zero-order chi connectivity index (χ0) is 14.9. The summed E-state index contributed by atoms with van der Waals surface area (Å²) in [5, 5.41) is 0. The van der Waals surface area contributed by atoms with Crippen LogP contribution in [0.25, 0.3) is 0 Å². The van der Waals surface area contributed by atoms with E-state index in [1.165, 1.54) is 44.9 Å². The average Bonchev–Trinajstić information content (AvgIpc) is 3.28. The van der Waals surface area contributed by atoms with Crippen LogP contribution in [0.2, 0.25) is 0 Å². The maximum atomic E-state index is 5.75. The molecule has 5 rings (SSSR count). The fourth-order valence-electron chi connectivity index (χ4n) is 8.23. The predicted octanol–water partition coefficient (Wildman–Crippen LogP) is 5.43. The Morgan fingerprint density at radius 2 is 1.50 bits per heavy atom. The first-order chi connectivity index (χ1) is 10.6. The van der Waals surface area contributed by atoms with Gasteiger partial charge in [-0.15, -0.1) is 0 Å². The molecule has 5 fully saturated rings. The Morgan fingerprint density at radius 1 is 0.727 bits per heavy atom. The van der Waals surface area contributed by atoms with E-state index in [4.69, 9.17) is 4.74 Å². The number of ether oxygens (including phenoxy) is 1. The van der Waals surface area contributed by atoms with Crippen LogP contribution >= 0.6 is 0 Å². The Labute approximate surface area is 136 Å². The lowest BCUT2D eigenvalue weighted by atomic mass is 9.45. The van der Waals surface area contributed by atoms with E-state index >= 15 is 0 Å². The van der Waals surface area contributed by atoms with Gasteiger partial charge in [0.2, 0.25) is 0 Å². The second kappa shape index (κ2) is 4.74. The molecule has 4 aliphatic carbocycles. The lowest BCUT2D eigenvalue weighted by molar-refractivity contribution is -0.112. The Balaban J connectivity index is 1.44. The highest BCUT2D eigenvalue weighted by molar-refractivity contribution is 5.10. The summed E-state index contributed by atoms with van der Waals surface area (Å²) in [5.41, 5.74) is 1.33. The van der Waals surface area contributed by atoms with Gasteiger partial charge in [-0.2, -0.15) is 0 Å². The molecule has 22 heavy (non-hydrogen) atoms. The quantitative estimate of drug-likeness (QED) is 0.588. The molecule has 1 heteroatoms. The van der Waals surface area contributed by atoms with E-state index in [9.17, 15) is 0 Å². The fraction of sp³-hybridized carbons (Fsp3) is 1.00. The molecular formula is C21H34O. The molecule has 124 valence electrons. The minimum Gasteiger partial charge on any atom is -0.373 e. The van der Waals surface area contributed by atoms with Crippen LogP contribution in [0.1, 0.15) is 78.1 Å². The van der Waals surface area contributed by atoms with Gasteiger partial charge in [0.15, 0.2) is 0 Å². The molecule has 1 aliphatic heterocycles. The van der Waals surface area contributed by atoms with Gasteiger partial charge in [0.25, 0.3) is 0 Å². The second-order valence-electron chi connectivity index (χ2n) is 10.0. The Bertz CT molecular complexity index is 455. The Hall–Kier alpha value is -0.0400. The van der Waals surface area contributed by atoms with E-state index in [2.05, 4.69) is 13.8 Å². The highest BCUT2D eigenvalue weighted by Crippen LogP contribution is 2.68. The summed E-state index contributed by atoms with van der Waals surface area (Å²) in [5.74, 6) is 5.11. The monoisotopic (exact) mass is 302 g/mol. The highest BCUT2D eigenvalue weighted by atomic mass is 16.6. The van der Waals surface area contributed by atoms with Gasteiger partial charge in [-0.05, 0) is 91.8 Å². The first-order valence-corrected chi connectivity index (χ1v) is 10.2. The first kappa shape index (κ1) is 14.3. The minimum absolute atomic E-state index is 0.625. The molecule has 0 aromatic carbocycles. The van der Waals surface area contributed by atoms with Gasteiger partial charge in [0.1, 0.15) is 0 Å². The maximum Gasteiger partial charge on any atom is 0.0843 e. The van der Waals surface area contributed by atoms with E-state index in [-0.39, 0.29) is 0 Å². The summed E-state index contributed by atoms with van der Waals surface area (Å²) >= 11 is 0. The van der Waals surface area contributed by atoms with E-state index < -0.39 is 0 Å². The third-order valence-electron chi connectivity index (χ3n) is 9.46. The van der Waals surface area contributed by atoms with Gasteiger partial charge in [0.05, 0.1) is 12.7 Å². The van der Waals surface area contributed by atoms with Crippen molar-refractivity contribution in [1.82, 2.24) is 0 Å². The summed E-state index contributed by atoms with van der Waals surface area (Å²) < 4.78 is 5.75. The van der Waals surface area contributed by atoms with E-state index in [0.717, 1.165) is 36.2 Å².